The largest absolute Gasteiger partial charge is 0.347 e. The first kappa shape index (κ1) is 26.9. The molecule has 0 saturated carbocycles. The number of alkyl halides is 2. The summed E-state index contributed by atoms with van der Waals surface area (Å²) < 4.78 is 0.939. The van der Waals surface area contributed by atoms with Crippen molar-refractivity contribution in [2.45, 2.75) is 23.8 Å². The van der Waals surface area contributed by atoms with Crippen molar-refractivity contribution < 1.29 is 9.59 Å². The van der Waals surface area contributed by atoms with E-state index in [1.807, 2.05) is 73.7 Å². The molecule has 1 aromatic heterocycles. The highest BCUT2D eigenvalue weighted by molar-refractivity contribution is 9.10. The normalized spacial score (nSPS) is 12.6. The molecule has 0 aliphatic heterocycles. The molecule has 4 aromatic rings. The fourth-order valence-corrected chi connectivity index (χ4v) is 4.51. The molecule has 0 aliphatic carbocycles. The minimum atomic E-state index is -1.37. The van der Waals surface area contributed by atoms with Gasteiger partial charge in [-0.3, -0.25) is 19.5 Å². The molecule has 37 heavy (non-hydrogen) atoms. The van der Waals surface area contributed by atoms with Crippen molar-refractivity contribution >= 4 is 56.6 Å². The lowest BCUT2D eigenvalue weighted by Gasteiger charge is -2.32. The number of aromatic nitrogens is 1. The van der Waals surface area contributed by atoms with Crippen molar-refractivity contribution in [3.63, 3.8) is 0 Å². The van der Waals surface area contributed by atoms with E-state index in [0.717, 1.165) is 21.2 Å². The van der Waals surface area contributed by atoms with E-state index < -0.39 is 22.7 Å². The number of nitrogens with zero attached hydrogens (tertiary/aromatic N) is 2. The van der Waals surface area contributed by atoms with E-state index in [1.165, 1.54) is 4.90 Å². The summed E-state index contributed by atoms with van der Waals surface area (Å²) >= 11 is 15.6. The Labute approximate surface area is 234 Å². The molecule has 188 valence electrons. The van der Waals surface area contributed by atoms with Gasteiger partial charge in [-0.2, -0.15) is 0 Å². The lowest BCUT2D eigenvalue weighted by atomic mass is 10.0. The molecular weight excluding hydrogens is 573 g/mol. The minimum absolute atomic E-state index is 0.319. The number of amides is 2. The third kappa shape index (κ3) is 6.58. The quantitative estimate of drug-likeness (QED) is 0.218. The van der Waals surface area contributed by atoms with Gasteiger partial charge in [-0.25, -0.2) is 0 Å². The maximum Gasteiger partial charge on any atom is 0.261 e. The number of benzene rings is 3. The summed E-state index contributed by atoms with van der Waals surface area (Å²) in [7, 11) is 0. The van der Waals surface area contributed by atoms with Crippen molar-refractivity contribution in [3.8, 4) is 11.1 Å². The molecule has 0 fully saturated rings. The monoisotopic (exact) mass is 595 g/mol. The van der Waals surface area contributed by atoms with Crippen molar-refractivity contribution in [1.82, 2.24) is 10.3 Å². The van der Waals surface area contributed by atoms with Gasteiger partial charge >= 0.3 is 0 Å². The predicted octanol–water partition coefficient (Wildman–Crippen LogP) is 7.27. The third-order valence-electron chi connectivity index (χ3n) is 5.91. The molecule has 8 heteroatoms. The van der Waals surface area contributed by atoms with Crippen LogP contribution in [-0.4, -0.2) is 21.6 Å². The van der Waals surface area contributed by atoms with Crippen molar-refractivity contribution in [1.29, 1.82) is 0 Å². The number of nitrogens with one attached hydrogen (secondary N) is 1. The fraction of sp³-hybridized carbons (Fsp3) is 0.138. The standard InChI is InChI=1S/C29H24BrCl2N3O2/c1-19(20-9-13-24(30)14-10-20)34-28(36)26(23-8-5-17-33-18-23)35(29(37)27(31)32)25-15-11-22(12-16-25)21-6-3-2-4-7-21/h2-19,26-27H,1H3,(H,34,36). The first-order valence-corrected chi connectivity index (χ1v) is 13.2. The molecule has 2 atom stereocenters. The van der Waals surface area contributed by atoms with Crippen LogP contribution in [0.25, 0.3) is 11.1 Å². The van der Waals surface area contributed by atoms with Gasteiger partial charge in [-0.1, -0.05) is 99.8 Å². The highest BCUT2D eigenvalue weighted by Crippen LogP contribution is 2.32. The molecule has 2 unspecified atom stereocenters. The molecule has 0 radical (unpaired) electrons. The molecular formula is C29H24BrCl2N3O2. The smallest absolute Gasteiger partial charge is 0.261 e. The number of anilines is 1. The number of carbonyl (C=O) groups is 2. The number of hydrogen-bond donors (Lipinski definition) is 1. The van der Waals surface area contributed by atoms with Gasteiger partial charge in [0.25, 0.3) is 5.91 Å². The van der Waals surface area contributed by atoms with Gasteiger partial charge in [-0.05, 0) is 53.9 Å². The SMILES string of the molecule is CC(NC(=O)C(c1cccnc1)N(C(=O)C(Cl)Cl)c1ccc(-c2ccccc2)cc1)c1ccc(Br)cc1. The number of halogens is 3. The average molecular weight is 597 g/mol. The first-order chi connectivity index (χ1) is 17.8. The summed E-state index contributed by atoms with van der Waals surface area (Å²) in [6, 6.07) is 27.0. The lowest BCUT2D eigenvalue weighted by Crippen LogP contribution is -2.46. The maximum absolute atomic E-state index is 13.8. The first-order valence-electron chi connectivity index (χ1n) is 11.6. The van der Waals surface area contributed by atoms with Crippen molar-refractivity contribution in [2.75, 3.05) is 4.90 Å². The van der Waals surface area contributed by atoms with Crippen LogP contribution >= 0.6 is 39.1 Å². The summed E-state index contributed by atoms with van der Waals surface area (Å²) in [4.78, 5) is 31.3. The molecule has 0 aliphatic rings. The molecule has 0 bridgehead atoms. The number of rotatable bonds is 8. The Kier molecular flexibility index (Phi) is 8.98. The van der Waals surface area contributed by atoms with E-state index in [1.54, 1.807) is 36.7 Å². The van der Waals surface area contributed by atoms with Crippen LogP contribution in [-0.2, 0) is 9.59 Å². The zero-order valence-electron chi connectivity index (χ0n) is 19.9. The Morgan fingerprint density at radius 1 is 0.838 bits per heavy atom. The molecule has 5 nitrogen and oxygen atoms in total. The van der Waals surface area contributed by atoms with Crippen LogP contribution in [0.5, 0.6) is 0 Å². The second-order valence-electron chi connectivity index (χ2n) is 8.39. The molecule has 0 saturated heterocycles. The van der Waals surface area contributed by atoms with Crippen LogP contribution in [0.1, 0.15) is 30.1 Å². The molecule has 2 amide bonds. The van der Waals surface area contributed by atoms with Gasteiger partial charge in [0.2, 0.25) is 5.91 Å². The molecule has 3 aromatic carbocycles. The van der Waals surface area contributed by atoms with E-state index >= 15 is 0 Å². The van der Waals surface area contributed by atoms with E-state index in [9.17, 15) is 9.59 Å². The Hall–Kier alpha value is -3.19. The highest BCUT2D eigenvalue weighted by atomic mass is 79.9. The van der Waals surface area contributed by atoms with Crippen LogP contribution in [0.15, 0.2) is 108 Å². The van der Waals surface area contributed by atoms with Gasteiger partial charge in [0.15, 0.2) is 4.84 Å². The van der Waals surface area contributed by atoms with Crippen LogP contribution in [0.4, 0.5) is 5.69 Å². The lowest BCUT2D eigenvalue weighted by molar-refractivity contribution is -0.126. The summed E-state index contributed by atoms with van der Waals surface area (Å²) in [6.45, 7) is 1.88. The number of carbonyl (C=O) groups excluding carboxylic acids is 2. The Bertz CT molecular complexity index is 1340. The van der Waals surface area contributed by atoms with E-state index in [-0.39, 0.29) is 6.04 Å². The summed E-state index contributed by atoms with van der Waals surface area (Å²) in [5, 5.41) is 3.03. The van der Waals surface area contributed by atoms with Crippen LogP contribution < -0.4 is 10.2 Å². The summed E-state index contributed by atoms with van der Waals surface area (Å²) in [6.07, 6.45) is 3.17. The highest BCUT2D eigenvalue weighted by Gasteiger charge is 2.36. The number of pyridine rings is 1. The molecule has 1 N–H and O–H groups in total. The Morgan fingerprint density at radius 3 is 2.08 bits per heavy atom. The van der Waals surface area contributed by atoms with E-state index in [4.69, 9.17) is 23.2 Å². The second kappa shape index (κ2) is 12.4. The van der Waals surface area contributed by atoms with Crippen LogP contribution in [0.3, 0.4) is 0 Å². The zero-order chi connectivity index (χ0) is 26.4. The van der Waals surface area contributed by atoms with Crippen LogP contribution in [0, 0.1) is 0 Å². The Balaban J connectivity index is 1.73. The van der Waals surface area contributed by atoms with Crippen molar-refractivity contribution in [3.05, 3.63) is 119 Å². The maximum atomic E-state index is 13.8. The van der Waals surface area contributed by atoms with Gasteiger partial charge in [0.05, 0.1) is 6.04 Å². The molecule has 4 rings (SSSR count). The number of hydrogen-bond acceptors (Lipinski definition) is 3. The summed E-state index contributed by atoms with van der Waals surface area (Å²) in [5.74, 6) is -1.01. The van der Waals surface area contributed by atoms with Gasteiger partial charge in [0, 0.05) is 28.1 Å². The van der Waals surface area contributed by atoms with Gasteiger partial charge in [0.1, 0.15) is 6.04 Å². The van der Waals surface area contributed by atoms with Gasteiger partial charge < -0.3 is 5.32 Å². The summed E-state index contributed by atoms with van der Waals surface area (Å²) in [5.41, 5.74) is 3.92. The zero-order valence-corrected chi connectivity index (χ0v) is 23.0. The minimum Gasteiger partial charge on any atom is -0.347 e. The van der Waals surface area contributed by atoms with Crippen molar-refractivity contribution in [2.24, 2.45) is 0 Å². The topological polar surface area (TPSA) is 62.3 Å². The predicted molar refractivity (Wildman–Crippen MR) is 153 cm³/mol. The molecule has 1 heterocycles. The average Bonchev–Trinajstić information content (AvgIpc) is 2.92. The Morgan fingerprint density at radius 2 is 1.49 bits per heavy atom. The van der Waals surface area contributed by atoms with Crippen LogP contribution in [0.2, 0.25) is 0 Å². The molecule has 0 spiro atoms. The van der Waals surface area contributed by atoms with Gasteiger partial charge in [-0.15, -0.1) is 0 Å². The van der Waals surface area contributed by atoms with E-state index in [2.05, 4.69) is 26.2 Å². The third-order valence-corrected chi connectivity index (χ3v) is 6.81. The fourth-order valence-electron chi connectivity index (χ4n) is 4.04. The second-order valence-corrected chi connectivity index (χ2v) is 10.4. The van der Waals surface area contributed by atoms with E-state index in [0.29, 0.717) is 11.3 Å².